The van der Waals surface area contributed by atoms with Crippen LogP contribution in [0.15, 0.2) is 18.5 Å². The normalized spacial score (nSPS) is 10.4. The molecule has 0 atom stereocenters. The number of carbonyl (C=O) groups excluding carboxylic acids is 1. The third kappa shape index (κ3) is 3.08. The zero-order valence-corrected chi connectivity index (χ0v) is 12.3. The lowest BCUT2D eigenvalue weighted by Crippen LogP contribution is -2.14. The minimum Gasteiger partial charge on any atom is -0.370 e. The largest absolute Gasteiger partial charge is 0.370 e. The zero-order chi connectivity index (χ0) is 14.7. The van der Waals surface area contributed by atoms with E-state index in [1.54, 1.807) is 24.0 Å². The first-order valence-corrected chi connectivity index (χ1v) is 6.60. The predicted octanol–water partition coefficient (Wildman–Crippen LogP) is 2.46. The Balaban J connectivity index is 2.24. The minimum absolute atomic E-state index is 0.285. The van der Waals surface area contributed by atoms with E-state index >= 15 is 0 Å². The van der Waals surface area contributed by atoms with Crippen molar-refractivity contribution < 1.29 is 4.79 Å². The van der Waals surface area contributed by atoms with Crippen LogP contribution >= 0.6 is 11.6 Å². The van der Waals surface area contributed by atoms with Crippen LogP contribution in [0.1, 0.15) is 23.0 Å². The molecule has 0 saturated carbocycles. The van der Waals surface area contributed by atoms with Crippen LogP contribution in [0.3, 0.4) is 0 Å². The molecule has 0 unspecified atom stereocenters. The van der Waals surface area contributed by atoms with Crippen LogP contribution in [0.4, 0.5) is 11.5 Å². The highest BCUT2D eigenvalue weighted by Crippen LogP contribution is 2.20. The van der Waals surface area contributed by atoms with Crippen LogP contribution in [-0.4, -0.2) is 27.2 Å². The highest BCUT2D eigenvalue weighted by molar-refractivity contribution is 6.34. The van der Waals surface area contributed by atoms with E-state index in [0.29, 0.717) is 22.1 Å². The molecule has 2 rings (SSSR count). The molecule has 20 heavy (non-hydrogen) atoms. The summed E-state index contributed by atoms with van der Waals surface area (Å²) < 4.78 is 1.64. The fourth-order valence-corrected chi connectivity index (χ4v) is 1.99. The lowest BCUT2D eigenvalue weighted by atomic mass is 10.2. The number of nitrogens with zero attached hydrogens (tertiary/aromatic N) is 3. The predicted molar refractivity (Wildman–Crippen MR) is 79.3 cm³/mol. The summed E-state index contributed by atoms with van der Waals surface area (Å²) in [4.78, 5) is 16.4. The third-order valence-electron chi connectivity index (χ3n) is 2.72. The van der Waals surface area contributed by atoms with Crippen molar-refractivity contribution in [3.63, 3.8) is 0 Å². The number of amides is 1. The van der Waals surface area contributed by atoms with Gasteiger partial charge in [0.05, 0.1) is 22.0 Å². The van der Waals surface area contributed by atoms with Crippen molar-refractivity contribution >= 4 is 29.0 Å². The van der Waals surface area contributed by atoms with Gasteiger partial charge >= 0.3 is 0 Å². The van der Waals surface area contributed by atoms with Crippen molar-refractivity contribution in [1.82, 2.24) is 14.8 Å². The molecule has 0 spiro atoms. The van der Waals surface area contributed by atoms with Crippen LogP contribution in [0.25, 0.3) is 0 Å². The Morgan fingerprint density at radius 1 is 1.50 bits per heavy atom. The maximum Gasteiger partial charge on any atom is 0.257 e. The van der Waals surface area contributed by atoms with Gasteiger partial charge in [0.25, 0.3) is 5.91 Å². The summed E-state index contributed by atoms with van der Waals surface area (Å²) in [6.45, 7) is 4.50. The molecule has 0 radical (unpaired) electrons. The number of carbonyl (C=O) groups is 1. The topological polar surface area (TPSA) is 71.8 Å². The quantitative estimate of drug-likeness (QED) is 0.908. The summed E-state index contributed by atoms with van der Waals surface area (Å²) >= 11 is 6.03. The Labute approximate surface area is 122 Å². The maximum absolute atomic E-state index is 12.3. The summed E-state index contributed by atoms with van der Waals surface area (Å²) in [7, 11) is 1.80. The summed E-state index contributed by atoms with van der Waals surface area (Å²) in [5.74, 6) is 0.331. The number of aryl methyl sites for hydroxylation is 2. The van der Waals surface area contributed by atoms with E-state index in [4.69, 9.17) is 11.6 Å². The Bertz CT molecular complexity index is 638. The Morgan fingerprint density at radius 3 is 2.85 bits per heavy atom. The van der Waals surface area contributed by atoms with E-state index in [1.165, 1.54) is 6.20 Å². The molecule has 2 aromatic rings. The molecule has 6 nitrogen and oxygen atoms in total. The molecule has 2 heterocycles. The van der Waals surface area contributed by atoms with Crippen molar-refractivity contribution in [3.05, 3.63) is 34.7 Å². The third-order valence-corrected chi connectivity index (χ3v) is 3.02. The highest BCUT2D eigenvalue weighted by atomic mass is 35.5. The van der Waals surface area contributed by atoms with Gasteiger partial charge in [-0.15, -0.1) is 0 Å². The number of anilines is 2. The van der Waals surface area contributed by atoms with E-state index in [9.17, 15) is 4.79 Å². The second kappa shape index (κ2) is 5.92. The lowest BCUT2D eigenvalue weighted by molar-refractivity contribution is 0.102. The van der Waals surface area contributed by atoms with Crippen molar-refractivity contribution in [2.45, 2.75) is 13.8 Å². The first-order valence-electron chi connectivity index (χ1n) is 6.22. The van der Waals surface area contributed by atoms with Crippen molar-refractivity contribution in [3.8, 4) is 0 Å². The first kappa shape index (κ1) is 14.3. The summed E-state index contributed by atoms with van der Waals surface area (Å²) in [6, 6.07) is 1.63. The van der Waals surface area contributed by atoms with Crippen LogP contribution in [0.2, 0.25) is 5.02 Å². The molecule has 0 bridgehead atoms. The van der Waals surface area contributed by atoms with E-state index in [1.807, 2.05) is 13.8 Å². The summed E-state index contributed by atoms with van der Waals surface area (Å²) in [5.41, 5.74) is 1.79. The molecule has 0 fully saturated rings. The van der Waals surface area contributed by atoms with Gasteiger partial charge < -0.3 is 10.6 Å². The molecular formula is C13H16ClN5O. The van der Waals surface area contributed by atoms with E-state index in [2.05, 4.69) is 20.7 Å². The number of hydrogen-bond acceptors (Lipinski definition) is 4. The van der Waals surface area contributed by atoms with Gasteiger partial charge in [0.15, 0.2) is 0 Å². The van der Waals surface area contributed by atoms with Gasteiger partial charge in [-0.1, -0.05) is 11.6 Å². The molecular weight excluding hydrogens is 278 g/mol. The number of rotatable bonds is 4. The van der Waals surface area contributed by atoms with Crippen LogP contribution in [0, 0.1) is 6.92 Å². The number of aromatic nitrogens is 3. The molecule has 0 aromatic carbocycles. The Morgan fingerprint density at radius 2 is 2.25 bits per heavy atom. The highest BCUT2D eigenvalue weighted by Gasteiger charge is 2.14. The average Bonchev–Trinajstić information content (AvgIpc) is 2.70. The second-order valence-corrected chi connectivity index (χ2v) is 4.74. The number of halogens is 1. The van der Waals surface area contributed by atoms with Gasteiger partial charge in [-0.2, -0.15) is 5.10 Å². The van der Waals surface area contributed by atoms with Crippen molar-refractivity contribution in [2.75, 3.05) is 17.2 Å². The molecule has 106 valence electrons. The standard InChI is InChI=1S/C13H16ClN5O/c1-4-15-12-5-9(10(14)6-16-12)13(20)17-11-7-19(3)18-8(11)2/h5-7H,4H2,1-3H3,(H,15,16)(H,17,20). The monoisotopic (exact) mass is 293 g/mol. The molecule has 0 aliphatic heterocycles. The van der Waals surface area contributed by atoms with Crippen molar-refractivity contribution in [2.24, 2.45) is 7.05 Å². The van der Waals surface area contributed by atoms with Gasteiger partial charge in [-0.3, -0.25) is 9.48 Å². The molecule has 7 heteroatoms. The Hall–Kier alpha value is -2.08. The average molecular weight is 294 g/mol. The van der Waals surface area contributed by atoms with Gasteiger partial charge in [-0.25, -0.2) is 4.98 Å². The smallest absolute Gasteiger partial charge is 0.257 e. The second-order valence-electron chi connectivity index (χ2n) is 4.34. The zero-order valence-electron chi connectivity index (χ0n) is 11.6. The number of pyridine rings is 1. The molecule has 2 N–H and O–H groups in total. The minimum atomic E-state index is -0.285. The van der Waals surface area contributed by atoms with E-state index in [0.717, 1.165) is 12.2 Å². The van der Waals surface area contributed by atoms with Gasteiger partial charge in [0.1, 0.15) is 5.82 Å². The first-order chi connectivity index (χ1) is 9.51. The molecule has 0 aliphatic carbocycles. The fourth-order valence-electron chi connectivity index (χ4n) is 1.80. The van der Waals surface area contributed by atoms with E-state index in [-0.39, 0.29) is 5.91 Å². The van der Waals surface area contributed by atoms with Crippen LogP contribution < -0.4 is 10.6 Å². The van der Waals surface area contributed by atoms with E-state index < -0.39 is 0 Å². The number of hydrogen-bond donors (Lipinski definition) is 2. The lowest BCUT2D eigenvalue weighted by Gasteiger charge is -2.08. The van der Waals surface area contributed by atoms with Gasteiger partial charge in [-0.05, 0) is 19.9 Å². The van der Waals surface area contributed by atoms with Gasteiger partial charge in [0.2, 0.25) is 0 Å². The molecule has 1 amide bonds. The molecule has 2 aromatic heterocycles. The number of nitrogens with one attached hydrogen (secondary N) is 2. The maximum atomic E-state index is 12.3. The van der Waals surface area contributed by atoms with Gasteiger partial charge in [0, 0.05) is 26.0 Å². The van der Waals surface area contributed by atoms with Crippen LogP contribution in [-0.2, 0) is 7.05 Å². The Kier molecular flexibility index (Phi) is 4.24. The molecule has 0 aliphatic rings. The summed E-state index contributed by atoms with van der Waals surface area (Å²) in [6.07, 6.45) is 3.21. The fraction of sp³-hybridized carbons (Fsp3) is 0.308. The van der Waals surface area contributed by atoms with Crippen LogP contribution in [0.5, 0.6) is 0 Å². The van der Waals surface area contributed by atoms with Crippen molar-refractivity contribution in [1.29, 1.82) is 0 Å². The summed E-state index contributed by atoms with van der Waals surface area (Å²) in [5, 5.41) is 10.3. The SMILES string of the molecule is CCNc1cc(C(=O)Nc2cn(C)nc2C)c(Cl)cn1. The molecule has 0 saturated heterocycles.